The molecule has 1 unspecified atom stereocenters. The number of benzene rings is 1. The molecule has 1 saturated heterocycles. The van der Waals surface area contributed by atoms with Gasteiger partial charge in [-0.15, -0.1) is 11.3 Å². The highest BCUT2D eigenvalue weighted by molar-refractivity contribution is 7.10. The Labute approximate surface area is 145 Å². The minimum absolute atomic E-state index is 0.0951. The SMILES string of the molecule is O=C(NCC(c1cccs1)N1CCOCC1)c1cccc(Cl)c1. The van der Waals surface area contributed by atoms with Gasteiger partial charge in [-0.1, -0.05) is 23.7 Å². The van der Waals surface area contributed by atoms with Crippen molar-refractivity contribution in [2.75, 3.05) is 32.8 Å². The van der Waals surface area contributed by atoms with Gasteiger partial charge in [-0.25, -0.2) is 0 Å². The van der Waals surface area contributed by atoms with Gasteiger partial charge in [0.15, 0.2) is 0 Å². The standard InChI is InChI=1S/C17H19ClN2O2S/c18-14-4-1-3-13(11-14)17(21)19-12-15(16-5-2-10-23-16)20-6-8-22-9-7-20/h1-5,10-11,15H,6-9,12H2,(H,19,21). The van der Waals surface area contributed by atoms with Crippen molar-refractivity contribution in [3.05, 3.63) is 57.2 Å². The molecule has 0 radical (unpaired) electrons. The van der Waals surface area contributed by atoms with Crippen LogP contribution >= 0.6 is 22.9 Å². The van der Waals surface area contributed by atoms with Crippen LogP contribution in [0.5, 0.6) is 0 Å². The predicted molar refractivity (Wildman–Crippen MR) is 93.2 cm³/mol. The molecule has 1 atom stereocenters. The Morgan fingerprint density at radius 3 is 2.83 bits per heavy atom. The summed E-state index contributed by atoms with van der Waals surface area (Å²) in [6.45, 7) is 3.82. The molecule has 0 bridgehead atoms. The Bertz CT molecular complexity index is 642. The van der Waals surface area contributed by atoms with E-state index in [0.29, 0.717) is 17.1 Å². The molecule has 0 saturated carbocycles. The molecule has 1 fully saturated rings. The number of nitrogens with one attached hydrogen (secondary N) is 1. The second-order valence-corrected chi connectivity index (χ2v) is 6.82. The Morgan fingerprint density at radius 2 is 2.13 bits per heavy atom. The maximum Gasteiger partial charge on any atom is 0.251 e. The van der Waals surface area contributed by atoms with E-state index in [4.69, 9.17) is 16.3 Å². The summed E-state index contributed by atoms with van der Waals surface area (Å²) in [5.41, 5.74) is 0.587. The van der Waals surface area contributed by atoms with Gasteiger partial charge in [-0.05, 0) is 29.6 Å². The summed E-state index contributed by atoms with van der Waals surface area (Å²) in [6.07, 6.45) is 0. The molecule has 1 N–H and O–H groups in total. The third-order valence-electron chi connectivity index (χ3n) is 3.90. The highest BCUT2D eigenvalue weighted by Crippen LogP contribution is 2.25. The van der Waals surface area contributed by atoms with Crippen LogP contribution in [0, 0.1) is 0 Å². The van der Waals surface area contributed by atoms with E-state index in [0.717, 1.165) is 26.3 Å². The second kappa shape index (κ2) is 7.93. The van der Waals surface area contributed by atoms with Crippen molar-refractivity contribution in [1.82, 2.24) is 10.2 Å². The maximum atomic E-state index is 12.3. The fraction of sp³-hybridized carbons (Fsp3) is 0.353. The van der Waals surface area contributed by atoms with Gasteiger partial charge < -0.3 is 10.1 Å². The first-order valence-corrected chi connectivity index (χ1v) is 8.89. The lowest BCUT2D eigenvalue weighted by Gasteiger charge is -2.34. The lowest BCUT2D eigenvalue weighted by molar-refractivity contribution is 0.0169. The second-order valence-electron chi connectivity index (χ2n) is 5.40. The van der Waals surface area contributed by atoms with E-state index in [9.17, 15) is 4.79 Å². The summed E-state index contributed by atoms with van der Waals surface area (Å²) in [4.78, 5) is 16.0. The number of morpholine rings is 1. The number of ether oxygens (including phenoxy) is 1. The van der Waals surface area contributed by atoms with Gasteiger partial charge in [0.1, 0.15) is 0 Å². The van der Waals surface area contributed by atoms with Gasteiger partial charge in [0.2, 0.25) is 0 Å². The third-order valence-corrected chi connectivity index (χ3v) is 5.11. The summed E-state index contributed by atoms with van der Waals surface area (Å²) in [6, 6.07) is 11.4. The zero-order chi connectivity index (χ0) is 16.1. The van der Waals surface area contributed by atoms with Crippen LogP contribution in [0.3, 0.4) is 0 Å². The first-order valence-electron chi connectivity index (χ1n) is 7.63. The van der Waals surface area contributed by atoms with Crippen LogP contribution in [0.2, 0.25) is 5.02 Å². The van der Waals surface area contributed by atoms with Gasteiger partial charge in [0.25, 0.3) is 5.91 Å². The number of hydrogen-bond donors (Lipinski definition) is 1. The van der Waals surface area contributed by atoms with Crippen molar-refractivity contribution in [3.8, 4) is 0 Å². The van der Waals surface area contributed by atoms with Crippen LogP contribution < -0.4 is 5.32 Å². The van der Waals surface area contributed by atoms with Crippen molar-refractivity contribution in [3.63, 3.8) is 0 Å². The van der Waals surface area contributed by atoms with E-state index < -0.39 is 0 Å². The topological polar surface area (TPSA) is 41.6 Å². The molecule has 0 spiro atoms. The normalized spacial score (nSPS) is 16.9. The summed E-state index contributed by atoms with van der Waals surface area (Å²) in [5.74, 6) is -0.0951. The van der Waals surface area contributed by atoms with Crippen LogP contribution in [0.4, 0.5) is 0 Å². The van der Waals surface area contributed by atoms with Crippen LogP contribution in [0.15, 0.2) is 41.8 Å². The van der Waals surface area contributed by atoms with E-state index in [1.54, 1.807) is 35.6 Å². The lowest BCUT2D eigenvalue weighted by Crippen LogP contribution is -2.43. The molecule has 2 heterocycles. The number of hydrogen-bond acceptors (Lipinski definition) is 4. The quantitative estimate of drug-likeness (QED) is 0.900. The zero-order valence-electron chi connectivity index (χ0n) is 12.7. The van der Waals surface area contributed by atoms with Crippen molar-refractivity contribution >= 4 is 28.8 Å². The average Bonchev–Trinajstić information content (AvgIpc) is 3.10. The zero-order valence-corrected chi connectivity index (χ0v) is 14.3. The first kappa shape index (κ1) is 16.5. The molecular formula is C17H19ClN2O2S. The molecule has 1 aromatic carbocycles. The van der Waals surface area contributed by atoms with Gasteiger partial charge in [-0.3, -0.25) is 9.69 Å². The van der Waals surface area contributed by atoms with Gasteiger partial charge in [-0.2, -0.15) is 0 Å². The molecule has 23 heavy (non-hydrogen) atoms. The van der Waals surface area contributed by atoms with Gasteiger partial charge in [0.05, 0.1) is 19.3 Å². The maximum absolute atomic E-state index is 12.3. The number of rotatable bonds is 5. The van der Waals surface area contributed by atoms with E-state index in [-0.39, 0.29) is 11.9 Å². The Balaban J connectivity index is 1.67. The Kier molecular flexibility index (Phi) is 5.67. The molecule has 0 aliphatic carbocycles. The van der Waals surface area contributed by atoms with Crippen molar-refractivity contribution in [2.45, 2.75) is 6.04 Å². The average molecular weight is 351 g/mol. The molecule has 1 aliphatic heterocycles. The number of thiophene rings is 1. The number of carbonyl (C=O) groups excluding carboxylic acids is 1. The minimum Gasteiger partial charge on any atom is -0.379 e. The molecule has 2 aromatic rings. The monoisotopic (exact) mass is 350 g/mol. The minimum atomic E-state index is -0.0951. The molecule has 4 nitrogen and oxygen atoms in total. The number of amides is 1. The lowest BCUT2D eigenvalue weighted by atomic mass is 10.1. The fourth-order valence-electron chi connectivity index (χ4n) is 2.70. The highest BCUT2D eigenvalue weighted by Gasteiger charge is 2.24. The largest absolute Gasteiger partial charge is 0.379 e. The molecular weight excluding hydrogens is 332 g/mol. The smallest absolute Gasteiger partial charge is 0.251 e. The third kappa shape index (κ3) is 4.32. The van der Waals surface area contributed by atoms with Crippen molar-refractivity contribution in [2.24, 2.45) is 0 Å². The number of halogens is 1. The van der Waals surface area contributed by atoms with Crippen molar-refractivity contribution in [1.29, 1.82) is 0 Å². The number of carbonyl (C=O) groups is 1. The first-order chi connectivity index (χ1) is 11.2. The van der Waals surface area contributed by atoms with Crippen LogP contribution in [0.25, 0.3) is 0 Å². The fourth-order valence-corrected chi connectivity index (χ4v) is 3.75. The molecule has 1 aliphatic rings. The summed E-state index contributed by atoms with van der Waals surface area (Å²) in [5, 5.41) is 5.68. The van der Waals surface area contributed by atoms with E-state index >= 15 is 0 Å². The van der Waals surface area contributed by atoms with E-state index in [1.807, 2.05) is 6.07 Å². The summed E-state index contributed by atoms with van der Waals surface area (Å²) < 4.78 is 5.44. The van der Waals surface area contributed by atoms with Gasteiger partial charge >= 0.3 is 0 Å². The number of nitrogens with zero attached hydrogens (tertiary/aromatic N) is 1. The van der Waals surface area contributed by atoms with Gasteiger partial charge in [0, 0.05) is 35.1 Å². The summed E-state index contributed by atoms with van der Waals surface area (Å²) in [7, 11) is 0. The Hall–Kier alpha value is -1.40. The summed E-state index contributed by atoms with van der Waals surface area (Å²) >= 11 is 7.67. The molecule has 6 heteroatoms. The van der Waals surface area contributed by atoms with Crippen LogP contribution in [-0.2, 0) is 4.74 Å². The molecule has 3 rings (SSSR count). The molecule has 1 aromatic heterocycles. The predicted octanol–water partition coefficient (Wildman–Crippen LogP) is 3.20. The van der Waals surface area contributed by atoms with Crippen molar-refractivity contribution < 1.29 is 9.53 Å². The molecule has 1 amide bonds. The van der Waals surface area contributed by atoms with E-state index in [1.165, 1.54) is 4.88 Å². The Morgan fingerprint density at radius 1 is 1.30 bits per heavy atom. The highest BCUT2D eigenvalue weighted by atomic mass is 35.5. The van der Waals surface area contributed by atoms with Crippen LogP contribution in [-0.4, -0.2) is 43.7 Å². The van der Waals surface area contributed by atoms with Crippen LogP contribution in [0.1, 0.15) is 21.3 Å². The molecule has 122 valence electrons. The van der Waals surface area contributed by atoms with E-state index in [2.05, 4.69) is 21.7 Å².